The second kappa shape index (κ2) is 12.5. The topological polar surface area (TPSA) is 0 Å². The van der Waals surface area contributed by atoms with Gasteiger partial charge in [0.2, 0.25) is 0 Å². The minimum absolute atomic E-state index is 0. The van der Waals surface area contributed by atoms with Crippen LogP contribution in [0.3, 0.4) is 0 Å². The molecule has 176 valence electrons. The molecule has 36 heavy (non-hydrogen) atoms. The van der Waals surface area contributed by atoms with E-state index in [0.717, 1.165) is 10.0 Å². The summed E-state index contributed by atoms with van der Waals surface area (Å²) in [5, 5.41) is 1.67. The summed E-state index contributed by atoms with van der Waals surface area (Å²) in [5.41, 5.74) is 7.33. The molecule has 4 aliphatic rings. The molecule has 2 aliphatic carbocycles. The number of allylic oxidation sites excluding steroid dienone is 2. The van der Waals surface area contributed by atoms with Gasteiger partial charge in [-0.15, -0.1) is 29.0 Å². The van der Waals surface area contributed by atoms with Crippen molar-refractivity contribution in [2.45, 2.75) is 21.6 Å². The van der Waals surface area contributed by atoms with E-state index in [0.29, 0.717) is 0 Å². The van der Waals surface area contributed by atoms with Gasteiger partial charge in [0.15, 0.2) is 0 Å². The molecule has 2 heterocycles. The van der Waals surface area contributed by atoms with E-state index in [-0.39, 0.29) is 62.9 Å². The average molecular weight is 644 g/mol. The standard InChI is InChI=1S/C15H8ClS.C15H10Cl.2ClH.Zr/c16-13-7-8-14-12-6-5-11(15(12)13)9-1-3-10(17-14)4-2-9;16-14-8-4-7-12-9-10-13(15(12)14)11-5-2-1-3-6-11;;;/h1-4,6-8,11H;1-9,13H;2*1H;/q2*-1;;;+4/p-2. The van der Waals surface area contributed by atoms with Crippen molar-refractivity contribution in [2.24, 2.45) is 0 Å². The van der Waals surface area contributed by atoms with Crippen LogP contribution in [0.15, 0.2) is 94.7 Å². The third-order valence-corrected chi connectivity index (χ3v) is 7.97. The molecule has 8 rings (SSSR count). The molecule has 0 nitrogen and oxygen atoms in total. The molecule has 0 saturated heterocycles. The van der Waals surface area contributed by atoms with Crippen LogP contribution in [0, 0.1) is 12.2 Å². The summed E-state index contributed by atoms with van der Waals surface area (Å²) in [4.78, 5) is 2.55. The summed E-state index contributed by atoms with van der Waals surface area (Å²) < 4.78 is 0. The smallest absolute Gasteiger partial charge is 1.00 e. The third-order valence-electron chi connectivity index (χ3n) is 6.23. The van der Waals surface area contributed by atoms with Crippen LogP contribution in [-0.4, -0.2) is 0 Å². The van der Waals surface area contributed by atoms with Gasteiger partial charge in [-0.1, -0.05) is 106 Å². The summed E-state index contributed by atoms with van der Waals surface area (Å²) in [6.07, 6.45) is 10.9. The van der Waals surface area contributed by atoms with E-state index >= 15 is 0 Å². The van der Waals surface area contributed by atoms with Gasteiger partial charge in [-0.3, -0.25) is 12.2 Å². The molecule has 0 radical (unpaired) electrons. The molecule has 0 aromatic heterocycles. The van der Waals surface area contributed by atoms with Crippen LogP contribution >= 0.6 is 35.0 Å². The van der Waals surface area contributed by atoms with Crippen molar-refractivity contribution < 1.29 is 51.0 Å². The molecule has 6 heteroatoms. The minimum atomic E-state index is 0. The van der Waals surface area contributed by atoms with E-state index in [1.54, 1.807) is 11.8 Å². The van der Waals surface area contributed by atoms with Crippen molar-refractivity contribution in [1.82, 2.24) is 0 Å². The van der Waals surface area contributed by atoms with Crippen LogP contribution < -0.4 is 24.8 Å². The molecule has 2 unspecified atom stereocenters. The Balaban J connectivity index is 0.000000185. The fourth-order valence-corrected chi connectivity index (χ4v) is 6.14. The van der Waals surface area contributed by atoms with Crippen molar-refractivity contribution in [3.63, 3.8) is 0 Å². The van der Waals surface area contributed by atoms with E-state index in [1.807, 2.05) is 42.5 Å². The van der Waals surface area contributed by atoms with Gasteiger partial charge in [0.25, 0.3) is 0 Å². The molecule has 0 spiro atoms. The molecule has 2 atom stereocenters. The van der Waals surface area contributed by atoms with Gasteiger partial charge >= 0.3 is 26.2 Å². The molecule has 2 aliphatic heterocycles. The Bertz CT molecular complexity index is 1420. The number of fused-ring (bicyclic) bond motifs is 3. The number of hydrogen-bond donors (Lipinski definition) is 0. The van der Waals surface area contributed by atoms with Crippen molar-refractivity contribution in [1.29, 1.82) is 0 Å². The van der Waals surface area contributed by atoms with Gasteiger partial charge in [-0.05, 0) is 24.3 Å². The first-order valence-corrected chi connectivity index (χ1v) is 12.4. The Labute approximate surface area is 258 Å². The predicted octanol–water partition coefficient (Wildman–Crippen LogP) is 3.07. The van der Waals surface area contributed by atoms with Crippen LogP contribution in [0.1, 0.15) is 45.2 Å². The van der Waals surface area contributed by atoms with Gasteiger partial charge in [-0.2, -0.15) is 11.1 Å². The van der Waals surface area contributed by atoms with E-state index in [1.165, 1.54) is 43.2 Å². The molecule has 4 aromatic carbocycles. The van der Waals surface area contributed by atoms with E-state index in [9.17, 15) is 0 Å². The first-order valence-electron chi connectivity index (χ1n) is 10.8. The Morgan fingerprint density at radius 2 is 1.25 bits per heavy atom. The normalized spacial score (nSPS) is 16.7. The second-order valence-electron chi connectivity index (χ2n) is 8.19. The summed E-state index contributed by atoms with van der Waals surface area (Å²) in [7, 11) is 0. The van der Waals surface area contributed by atoms with Gasteiger partial charge in [-0.25, -0.2) is 12.2 Å². The van der Waals surface area contributed by atoms with Crippen LogP contribution in [0.5, 0.6) is 0 Å². The second-order valence-corrected chi connectivity index (χ2v) is 10.1. The molecule has 6 bridgehead atoms. The van der Waals surface area contributed by atoms with Crippen molar-refractivity contribution >= 4 is 47.1 Å². The third kappa shape index (κ3) is 5.46. The number of hydrogen-bond acceptors (Lipinski definition) is 1. The number of benzene rings is 4. The SMILES string of the molecule is Clc1ccc2c3c1C([C-]=C3)c1ccc(cc1)S2.Clc1cccc2c1C(c1ccccc1)[C-]=C2.[Cl-].[Cl-].[Zr+4]. The Morgan fingerprint density at radius 1 is 0.611 bits per heavy atom. The Kier molecular flexibility index (Phi) is 10.2. The summed E-state index contributed by atoms with van der Waals surface area (Å²) in [6, 6.07) is 29.2. The zero-order valence-corrected chi connectivity index (χ0v) is 25.1. The van der Waals surface area contributed by atoms with Gasteiger partial charge < -0.3 is 24.8 Å². The van der Waals surface area contributed by atoms with E-state index in [2.05, 4.69) is 66.8 Å². The van der Waals surface area contributed by atoms with Crippen LogP contribution in [-0.2, 0) is 26.2 Å². The zero-order chi connectivity index (χ0) is 22.4. The molecular weight excluding hydrogens is 625 g/mol. The fraction of sp³-hybridized carbons (Fsp3) is 0.0667. The molecule has 0 amide bonds. The average Bonchev–Trinajstić information content (AvgIpc) is 3.50. The molecule has 0 fully saturated rings. The molecule has 4 aromatic rings. The fourth-order valence-electron chi connectivity index (χ4n) is 4.64. The van der Waals surface area contributed by atoms with Gasteiger partial charge in [0, 0.05) is 14.9 Å². The quantitative estimate of drug-likeness (QED) is 0.288. The van der Waals surface area contributed by atoms with Gasteiger partial charge in [0.1, 0.15) is 0 Å². The van der Waals surface area contributed by atoms with Crippen LogP contribution in [0.2, 0.25) is 10.0 Å². The summed E-state index contributed by atoms with van der Waals surface area (Å²) >= 11 is 14.4. The molecular formula is C30H18Cl4SZr. The maximum absolute atomic E-state index is 6.35. The van der Waals surface area contributed by atoms with Crippen LogP contribution in [0.4, 0.5) is 0 Å². The van der Waals surface area contributed by atoms with E-state index in [4.69, 9.17) is 23.2 Å². The van der Waals surface area contributed by atoms with Gasteiger partial charge in [0.05, 0.1) is 0 Å². The van der Waals surface area contributed by atoms with Crippen LogP contribution in [0.25, 0.3) is 12.2 Å². The number of rotatable bonds is 1. The predicted molar refractivity (Wildman–Crippen MR) is 139 cm³/mol. The zero-order valence-electron chi connectivity index (χ0n) is 18.8. The maximum Gasteiger partial charge on any atom is 4.00 e. The van der Waals surface area contributed by atoms with Crippen molar-refractivity contribution in [3.05, 3.63) is 141 Å². The summed E-state index contributed by atoms with van der Waals surface area (Å²) in [6.45, 7) is 0. The minimum Gasteiger partial charge on any atom is -1.00 e. The number of halogens is 4. The largest absolute Gasteiger partial charge is 4.00 e. The summed E-state index contributed by atoms with van der Waals surface area (Å²) in [5.74, 6) is 0.384. The Hall–Kier alpha value is -1.25. The Morgan fingerprint density at radius 3 is 2.00 bits per heavy atom. The maximum atomic E-state index is 6.35. The first-order chi connectivity index (χ1) is 16.2. The molecule has 0 saturated carbocycles. The van der Waals surface area contributed by atoms with Crippen molar-refractivity contribution in [2.75, 3.05) is 0 Å². The first kappa shape index (κ1) is 29.3. The monoisotopic (exact) mass is 640 g/mol. The van der Waals surface area contributed by atoms with Crippen molar-refractivity contribution in [3.8, 4) is 0 Å². The van der Waals surface area contributed by atoms with E-state index < -0.39 is 0 Å². The molecule has 0 N–H and O–H groups in total.